The first-order valence-electron chi connectivity index (χ1n) is 8.48. The Bertz CT molecular complexity index is 675. The Morgan fingerprint density at radius 3 is 2.00 bits per heavy atom. The molecule has 0 unspecified atom stereocenters. The van der Waals surface area contributed by atoms with E-state index in [9.17, 15) is 14.7 Å². The minimum Gasteiger partial charge on any atom is -0.459 e. The molecule has 0 aliphatic rings. The topological polar surface area (TPSA) is 84.9 Å². The van der Waals surface area contributed by atoms with Crippen LogP contribution in [-0.4, -0.2) is 29.8 Å². The molecule has 0 spiro atoms. The van der Waals surface area contributed by atoms with Gasteiger partial charge in [0.15, 0.2) is 6.10 Å². The number of hydrogen-bond acceptors (Lipinski definition) is 5. The zero-order valence-corrected chi connectivity index (χ0v) is 14.5. The number of ether oxygens (including phenoxy) is 2. The molecule has 138 valence electrons. The third kappa shape index (κ3) is 7.36. The van der Waals surface area contributed by atoms with Gasteiger partial charge in [-0.05, 0) is 24.0 Å². The first-order valence-corrected chi connectivity index (χ1v) is 8.48. The fourth-order valence-corrected chi connectivity index (χ4v) is 2.20. The van der Waals surface area contributed by atoms with E-state index >= 15 is 0 Å². The van der Waals surface area contributed by atoms with E-state index in [2.05, 4.69) is 5.32 Å². The van der Waals surface area contributed by atoms with E-state index in [0.717, 1.165) is 11.1 Å². The van der Waals surface area contributed by atoms with Crippen LogP contribution in [0, 0.1) is 0 Å². The van der Waals surface area contributed by atoms with Crippen LogP contribution in [0.15, 0.2) is 60.7 Å². The number of alkyl carbamates (subject to hydrolysis) is 1. The Morgan fingerprint density at radius 2 is 1.42 bits per heavy atom. The molecule has 1 amide bonds. The molecular formula is C20H23NO5. The standard InChI is InChI=1S/C20H23NO5/c22-18(19(23)25-14-16-8-3-1-4-9-16)12-7-13-21-20(24)26-15-17-10-5-2-6-11-17/h1-6,8-11,18,22H,7,12-15H2,(H,21,24)/t18-/m0/s1. The lowest BCUT2D eigenvalue weighted by molar-refractivity contribution is -0.155. The molecule has 2 N–H and O–H groups in total. The molecule has 0 aliphatic heterocycles. The summed E-state index contributed by atoms with van der Waals surface area (Å²) in [5.41, 5.74) is 1.76. The van der Waals surface area contributed by atoms with E-state index in [1.54, 1.807) is 0 Å². The first-order chi connectivity index (χ1) is 12.6. The first kappa shape index (κ1) is 19.5. The molecule has 2 rings (SSSR count). The third-order valence-corrected chi connectivity index (χ3v) is 3.63. The minimum absolute atomic E-state index is 0.126. The summed E-state index contributed by atoms with van der Waals surface area (Å²) in [5, 5.41) is 12.4. The maximum Gasteiger partial charge on any atom is 0.407 e. The van der Waals surface area contributed by atoms with Crippen molar-refractivity contribution in [2.24, 2.45) is 0 Å². The van der Waals surface area contributed by atoms with Crippen molar-refractivity contribution in [2.75, 3.05) is 6.54 Å². The fourth-order valence-electron chi connectivity index (χ4n) is 2.20. The predicted octanol–water partition coefficient (Wildman–Crippen LogP) is 2.80. The van der Waals surface area contributed by atoms with Crippen molar-refractivity contribution in [1.29, 1.82) is 0 Å². The average Bonchev–Trinajstić information content (AvgIpc) is 2.69. The third-order valence-electron chi connectivity index (χ3n) is 3.63. The number of aliphatic hydroxyl groups excluding tert-OH is 1. The Morgan fingerprint density at radius 1 is 0.885 bits per heavy atom. The van der Waals surface area contributed by atoms with E-state index in [0.29, 0.717) is 13.0 Å². The molecule has 6 heteroatoms. The lowest BCUT2D eigenvalue weighted by atomic mass is 10.2. The lowest BCUT2D eigenvalue weighted by Gasteiger charge is -2.11. The second kappa shape index (κ2) is 10.9. The quantitative estimate of drug-likeness (QED) is 0.532. The molecule has 6 nitrogen and oxygen atoms in total. The Balaban J connectivity index is 1.55. The van der Waals surface area contributed by atoms with E-state index < -0.39 is 18.2 Å². The summed E-state index contributed by atoms with van der Waals surface area (Å²) in [4.78, 5) is 23.3. The van der Waals surface area contributed by atoms with Crippen molar-refractivity contribution >= 4 is 12.1 Å². The van der Waals surface area contributed by atoms with Crippen molar-refractivity contribution in [1.82, 2.24) is 5.32 Å². The van der Waals surface area contributed by atoms with E-state index in [1.165, 1.54) is 0 Å². The van der Waals surface area contributed by atoms with Gasteiger partial charge in [-0.25, -0.2) is 9.59 Å². The summed E-state index contributed by atoms with van der Waals surface area (Å²) in [6, 6.07) is 18.6. The molecule has 0 heterocycles. The largest absolute Gasteiger partial charge is 0.459 e. The Kier molecular flexibility index (Phi) is 8.15. The lowest BCUT2D eigenvalue weighted by Crippen LogP contribution is -2.28. The Labute approximate surface area is 152 Å². The van der Waals surface area contributed by atoms with Crippen LogP contribution in [0.5, 0.6) is 0 Å². The number of hydrogen-bond donors (Lipinski definition) is 2. The van der Waals surface area contributed by atoms with Crippen LogP contribution in [0.3, 0.4) is 0 Å². The molecule has 0 radical (unpaired) electrons. The molecule has 0 saturated carbocycles. The van der Waals surface area contributed by atoms with Gasteiger partial charge in [0.05, 0.1) is 0 Å². The van der Waals surface area contributed by atoms with Gasteiger partial charge in [0.1, 0.15) is 13.2 Å². The molecule has 1 atom stereocenters. The normalized spacial score (nSPS) is 11.4. The minimum atomic E-state index is -1.21. The number of benzene rings is 2. The predicted molar refractivity (Wildman–Crippen MR) is 96.1 cm³/mol. The molecule has 0 fully saturated rings. The molecule has 2 aromatic carbocycles. The van der Waals surface area contributed by atoms with Crippen molar-refractivity contribution in [3.05, 3.63) is 71.8 Å². The highest BCUT2D eigenvalue weighted by atomic mass is 16.6. The van der Waals surface area contributed by atoms with Crippen LogP contribution in [0.25, 0.3) is 0 Å². The number of esters is 1. The van der Waals surface area contributed by atoms with Crippen LogP contribution in [0.4, 0.5) is 4.79 Å². The molecular weight excluding hydrogens is 334 g/mol. The number of carbonyl (C=O) groups is 2. The molecule has 0 bridgehead atoms. The van der Waals surface area contributed by atoms with E-state index in [-0.39, 0.29) is 19.6 Å². The molecule has 0 saturated heterocycles. The van der Waals surface area contributed by atoms with Crippen molar-refractivity contribution in [3.8, 4) is 0 Å². The summed E-state index contributed by atoms with van der Waals surface area (Å²) in [6.45, 7) is 0.624. The maximum absolute atomic E-state index is 11.7. The highest BCUT2D eigenvalue weighted by Gasteiger charge is 2.16. The molecule has 0 aliphatic carbocycles. The summed E-state index contributed by atoms with van der Waals surface area (Å²) in [6.07, 6.45) is -1.11. The number of amides is 1. The zero-order chi connectivity index (χ0) is 18.6. The van der Waals surface area contributed by atoms with Gasteiger partial charge in [-0.2, -0.15) is 0 Å². The number of nitrogens with one attached hydrogen (secondary N) is 1. The van der Waals surface area contributed by atoms with Gasteiger partial charge < -0.3 is 19.9 Å². The van der Waals surface area contributed by atoms with E-state index in [1.807, 2.05) is 60.7 Å². The SMILES string of the molecule is O=C(NCCC[C@H](O)C(=O)OCc1ccccc1)OCc1ccccc1. The number of rotatable bonds is 9. The summed E-state index contributed by atoms with van der Waals surface area (Å²) >= 11 is 0. The summed E-state index contributed by atoms with van der Waals surface area (Å²) < 4.78 is 10.1. The number of carbonyl (C=O) groups excluding carboxylic acids is 2. The van der Waals surface area contributed by atoms with Gasteiger partial charge in [0.25, 0.3) is 0 Å². The second-order valence-corrected chi connectivity index (χ2v) is 5.74. The smallest absolute Gasteiger partial charge is 0.407 e. The van der Waals surface area contributed by atoms with Crippen LogP contribution >= 0.6 is 0 Å². The summed E-state index contributed by atoms with van der Waals surface area (Å²) in [5.74, 6) is -0.666. The molecule has 26 heavy (non-hydrogen) atoms. The summed E-state index contributed by atoms with van der Waals surface area (Å²) in [7, 11) is 0. The van der Waals surface area contributed by atoms with Gasteiger partial charge in [0, 0.05) is 6.54 Å². The van der Waals surface area contributed by atoms with Crippen LogP contribution in [-0.2, 0) is 27.5 Å². The van der Waals surface area contributed by atoms with Gasteiger partial charge >= 0.3 is 12.1 Å². The second-order valence-electron chi connectivity index (χ2n) is 5.74. The fraction of sp³-hybridized carbons (Fsp3) is 0.300. The van der Waals surface area contributed by atoms with Crippen molar-refractivity contribution in [2.45, 2.75) is 32.2 Å². The van der Waals surface area contributed by atoms with Gasteiger partial charge in [-0.15, -0.1) is 0 Å². The molecule has 2 aromatic rings. The Hall–Kier alpha value is -2.86. The monoisotopic (exact) mass is 357 g/mol. The van der Waals surface area contributed by atoms with E-state index in [4.69, 9.17) is 9.47 Å². The van der Waals surface area contributed by atoms with Crippen LogP contribution in [0.1, 0.15) is 24.0 Å². The maximum atomic E-state index is 11.7. The van der Waals surface area contributed by atoms with Crippen molar-refractivity contribution < 1.29 is 24.2 Å². The number of aliphatic hydroxyl groups is 1. The highest BCUT2D eigenvalue weighted by Crippen LogP contribution is 2.05. The van der Waals surface area contributed by atoms with Gasteiger partial charge in [-0.3, -0.25) is 0 Å². The average molecular weight is 357 g/mol. The zero-order valence-electron chi connectivity index (χ0n) is 14.5. The highest BCUT2D eigenvalue weighted by molar-refractivity contribution is 5.74. The van der Waals surface area contributed by atoms with Crippen LogP contribution < -0.4 is 5.32 Å². The molecule has 0 aromatic heterocycles. The van der Waals surface area contributed by atoms with Crippen molar-refractivity contribution in [3.63, 3.8) is 0 Å². The van der Waals surface area contributed by atoms with Gasteiger partial charge in [0.2, 0.25) is 0 Å². The van der Waals surface area contributed by atoms with Gasteiger partial charge in [-0.1, -0.05) is 60.7 Å². The van der Waals surface area contributed by atoms with Crippen LogP contribution in [0.2, 0.25) is 0 Å².